The molecule has 0 aliphatic rings. The number of aromatic nitrogens is 2. The maximum atomic E-state index is 11.4. The SMILES string of the molecule is CCc1nnc(S/C(=C\c2cc(Cl)ccc2OC(C)C)C(=O)[O-])o1. The Morgan fingerprint density at radius 1 is 1.46 bits per heavy atom. The molecule has 1 aromatic carbocycles. The Bertz CT molecular complexity index is 758. The summed E-state index contributed by atoms with van der Waals surface area (Å²) in [6.07, 6.45) is 1.92. The number of aliphatic carboxylic acids is 1. The molecule has 0 saturated heterocycles. The number of halogens is 1. The average Bonchev–Trinajstić information content (AvgIpc) is 2.96. The van der Waals surface area contributed by atoms with Crippen LogP contribution in [0, 0.1) is 0 Å². The van der Waals surface area contributed by atoms with Crippen LogP contribution in [0.2, 0.25) is 5.02 Å². The molecule has 0 atom stereocenters. The van der Waals surface area contributed by atoms with E-state index in [2.05, 4.69) is 10.2 Å². The molecule has 24 heavy (non-hydrogen) atoms. The highest BCUT2D eigenvalue weighted by Gasteiger charge is 2.12. The highest BCUT2D eigenvalue weighted by Crippen LogP contribution is 2.31. The Kier molecular flexibility index (Phi) is 6.28. The summed E-state index contributed by atoms with van der Waals surface area (Å²) < 4.78 is 11.0. The Labute approximate surface area is 148 Å². The quantitative estimate of drug-likeness (QED) is 0.549. The Morgan fingerprint density at radius 2 is 2.21 bits per heavy atom. The molecule has 1 aromatic heterocycles. The molecule has 0 fully saturated rings. The van der Waals surface area contributed by atoms with Crippen LogP contribution in [0.4, 0.5) is 0 Å². The van der Waals surface area contributed by atoms with Gasteiger partial charge >= 0.3 is 0 Å². The minimum atomic E-state index is -1.35. The summed E-state index contributed by atoms with van der Waals surface area (Å²) in [5, 5.41) is 19.6. The normalized spacial score (nSPS) is 11.8. The molecular weight excluding hydrogens is 352 g/mol. The fraction of sp³-hybridized carbons (Fsp3) is 0.312. The number of aryl methyl sites for hydroxylation is 1. The number of carboxylic acids is 1. The summed E-state index contributed by atoms with van der Waals surface area (Å²) in [6.45, 7) is 5.61. The lowest BCUT2D eigenvalue weighted by Crippen LogP contribution is -2.23. The molecule has 2 rings (SSSR count). The van der Waals surface area contributed by atoms with Crippen molar-refractivity contribution in [3.63, 3.8) is 0 Å². The van der Waals surface area contributed by atoms with Crippen molar-refractivity contribution in [1.29, 1.82) is 0 Å². The highest BCUT2D eigenvalue weighted by molar-refractivity contribution is 8.03. The van der Waals surface area contributed by atoms with Gasteiger partial charge in [-0.3, -0.25) is 0 Å². The first-order valence-electron chi connectivity index (χ1n) is 7.28. The number of nitrogens with zero attached hydrogens (tertiary/aromatic N) is 2. The monoisotopic (exact) mass is 367 g/mol. The van der Waals surface area contributed by atoms with Crippen molar-refractivity contribution >= 4 is 35.4 Å². The lowest BCUT2D eigenvalue weighted by atomic mass is 10.2. The fourth-order valence-corrected chi connectivity index (χ4v) is 2.64. The smallest absolute Gasteiger partial charge is 0.281 e. The molecule has 0 spiro atoms. The van der Waals surface area contributed by atoms with Crippen molar-refractivity contribution in [1.82, 2.24) is 10.2 Å². The van der Waals surface area contributed by atoms with Gasteiger partial charge in [-0.2, -0.15) is 0 Å². The zero-order chi connectivity index (χ0) is 17.7. The topological polar surface area (TPSA) is 88.3 Å². The molecule has 1 heterocycles. The van der Waals surface area contributed by atoms with Crippen molar-refractivity contribution in [3.05, 3.63) is 39.6 Å². The third kappa shape index (κ3) is 5.01. The molecule has 2 aromatic rings. The van der Waals surface area contributed by atoms with Gasteiger partial charge in [0.2, 0.25) is 5.89 Å². The first-order chi connectivity index (χ1) is 11.4. The van der Waals surface area contributed by atoms with E-state index in [1.54, 1.807) is 18.2 Å². The van der Waals surface area contributed by atoms with Gasteiger partial charge in [0, 0.05) is 21.9 Å². The Hall–Kier alpha value is -1.99. The van der Waals surface area contributed by atoms with Crippen LogP contribution in [0.15, 0.2) is 32.7 Å². The van der Waals surface area contributed by atoms with Gasteiger partial charge in [0.1, 0.15) is 5.75 Å². The third-order valence-corrected chi connectivity index (χ3v) is 3.85. The molecule has 0 radical (unpaired) electrons. The van der Waals surface area contributed by atoms with Crippen molar-refractivity contribution in [2.45, 2.75) is 38.5 Å². The summed E-state index contributed by atoms with van der Waals surface area (Å²) in [7, 11) is 0. The standard InChI is InChI=1S/C16H17ClN2O4S/c1-4-14-18-19-16(23-14)24-13(15(20)21)8-10-7-11(17)5-6-12(10)22-9(2)3/h5-9H,4H2,1-3H3,(H,20,21)/p-1/b13-8-. The molecule has 0 aliphatic carbocycles. The minimum Gasteiger partial charge on any atom is -0.544 e. The van der Waals surface area contributed by atoms with Crippen LogP contribution in [-0.4, -0.2) is 22.3 Å². The number of carbonyl (C=O) groups is 1. The van der Waals surface area contributed by atoms with E-state index in [0.717, 1.165) is 11.8 Å². The van der Waals surface area contributed by atoms with Crippen LogP contribution in [0.3, 0.4) is 0 Å². The maximum absolute atomic E-state index is 11.4. The number of benzene rings is 1. The fourth-order valence-electron chi connectivity index (χ4n) is 1.78. The zero-order valence-electron chi connectivity index (χ0n) is 13.4. The maximum Gasteiger partial charge on any atom is 0.281 e. The molecule has 128 valence electrons. The number of carbonyl (C=O) groups excluding carboxylic acids is 1. The lowest BCUT2D eigenvalue weighted by Gasteiger charge is -2.14. The zero-order valence-corrected chi connectivity index (χ0v) is 15.0. The minimum absolute atomic E-state index is 0.0690. The van der Waals surface area contributed by atoms with E-state index in [1.807, 2.05) is 20.8 Å². The molecule has 0 aliphatic heterocycles. The lowest BCUT2D eigenvalue weighted by molar-refractivity contribution is -0.298. The number of rotatable bonds is 7. The van der Waals surface area contributed by atoms with E-state index in [9.17, 15) is 9.90 Å². The van der Waals surface area contributed by atoms with Gasteiger partial charge in [0.25, 0.3) is 5.22 Å². The number of carboxylic acid groups (broad SMARTS) is 1. The van der Waals surface area contributed by atoms with Gasteiger partial charge in [-0.15, -0.1) is 10.2 Å². The van der Waals surface area contributed by atoms with Crippen molar-refractivity contribution < 1.29 is 19.1 Å². The Balaban J connectivity index is 2.36. The first-order valence-corrected chi connectivity index (χ1v) is 8.48. The highest BCUT2D eigenvalue weighted by atomic mass is 35.5. The predicted octanol–water partition coefficient (Wildman–Crippen LogP) is 2.96. The van der Waals surface area contributed by atoms with Gasteiger partial charge in [-0.25, -0.2) is 0 Å². The van der Waals surface area contributed by atoms with E-state index in [1.165, 1.54) is 6.08 Å². The molecule has 0 N–H and O–H groups in total. The Morgan fingerprint density at radius 3 is 2.79 bits per heavy atom. The largest absolute Gasteiger partial charge is 0.544 e. The van der Waals surface area contributed by atoms with E-state index >= 15 is 0 Å². The number of ether oxygens (including phenoxy) is 1. The second-order valence-electron chi connectivity index (χ2n) is 5.06. The second kappa shape index (κ2) is 8.21. The molecule has 0 unspecified atom stereocenters. The molecule has 0 bridgehead atoms. The van der Waals surface area contributed by atoms with E-state index < -0.39 is 5.97 Å². The number of thioether (sulfide) groups is 1. The van der Waals surface area contributed by atoms with Crippen molar-refractivity contribution in [2.75, 3.05) is 0 Å². The van der Waals surface area contributed by atoms with Crippen LogP contribution >= 0.6 is 23.4 Å². The first kappa shape index (κ1) is 18.4. The van der Waals surface area contributed by atoms with Crippen LogP contribution in [0.25, 0.3) is 6.08 Å². The van der Waals surface area contributed by atoms with Crippen molar-refractivity contribution in [3.8, 4) is 5.75 Å². The summed E-state index contributed by atoms with van der Waals surface area (Å²) >= 11 is 6.82. The van der Waals surface area contributed by atoms with Crippen LogP contribution in [0.5, 0.6) is 5.75 Å². The molecule has 0 amide bonds. The van der Waals surface area contributed by atoms with Gasteiger partial charge in [-0.1, -0.05) is 18.5 Å². The second-order valence-corrected chi connectivity index (χ2v) is 6.49. The van der Waals surface area contributed by atoms with Gasteiger partial charge in [-0.05, 0) is 49.9 Å². The van der Waals surface area contributed by atoms with E-state index in [0.29, 0.717) is 28.6 Å². The van der Waals surface area contributed by atoms with Crippen LogP contribution in [-0.2, 0) is 11.2 Å². The summed E-state index contributed by atoms with van der Waals surface area (Å²) in [5.74, 6) is -0.401. The molecule has 0 saturated carbocycles. The van der Waals surface area contributed by atoms with Crippen molar-refractivity contribution in [2.24, 2.45) is 0 Å². The summed E-state index contributed by atoms with van der Waals surface area (Å²) in [4.78, 5) is 11.4. The van der Waals surface area contributed by atoms with E-state index in [-0.39, 0.29) is 16.2 Å². The van der Waals surface area contributed by atoms with Gasteiger partial charge < -0.3 is 19.1 Å². The van der Waals surface area contributed by atoms with Gasteiger partial charge in [0.15, 0.2) is 0 Å². The molecular formula is C16H16ClN2O4S-. The van der Waals surface area contributed by atoms with Gasteiger partial charge in [0.05, 0.1) is 12.1 Å². The third-order valence-electron chi connectivity index (χ3n) is 2.77. The molecule has 6 nitrogen and oxygen atoms in total. The average molecular weight is 368 g/mol. The number of hydrogen-bond acceptors (Lipinski definition) is 7. The molecule has 8 heteroatoms. The summed E-state index contributed by atoms with van der Waals surface area (Å²) in [5.41, 5.74) is 0.526. The van der Waals surface area contributed by atoms with Crippen LogP contribution in [0.1, 0.15) is 32.2 Å². The van der Waals surface area contributed by atoms with Crippen LogP contribution < -0.4 is 9.84 Å². The summed E-state index contributed by atoms with van der Waals surface area (Å²) in [6, 6.07) is 4.98. The number of hydrogen-bond donors (Lipinski definition) is 0. The predicted molar refractivity (Wildman–Crippen MR) is 89.7 cm³/mol. The van der Waals surface area contributed by atoms with E-state index in [4.69, 9.17) is 20.8 Å².